The number of carbonyl (C=O) groups is 1. The van der Waals surface area contributed by atoms with Gasteiger partial charge in [0, 0.05) is 11.9 Å². The topological polar surface area (TPSA) is 29.5 Å². The van der Waals surface area contributed by atoms with Crippen molar-refractivity contribution in [2.75, 3.05) is 13.7 Å². The van der Waals surface area contributed by atoms with Crippen molar-refractivity contribution in [3.05, 3.63) is 57.8 Å². The number of fused-ring (bicyclic) bond motifs is 1. The Kier molecular flexibility index (Phi) is 4.60. The van der Waals surface area contributed by atoms with Crippen molar-refractivity contribution in [2.24, 2.45) is 0 Å². The third kappa shape index (κ3) is 3.08. The molecule has 116 valence electrons. The van der Waals surface area contributed by atoms with E-state index >= 15 is 0 Å². The zero-order valence-corrected chi connectivity index (χ0v) is 13.8. The molecule has 1 amide bonds. The van der Waals surface area contributed by atoms with E-state index in [1.165, 1.54) is 16.0 Å². The number of hydrogen-bond donors (Lipinski definition) is 0. The molecule has 0 bridgehead atoms. The lowest BCUT2D eigenvalue weighted by Crippen LogP contribution is -2.31. The summed E-state index contributed by atoms with van der Waals surface area (Å²) in [5.41, 5.74) is 2.47. The van der Waals surface area contributed by atoms with Crippen molar-refractivity contribution in [2.45, 2.75) is 31.9 Å². The quantitative estimate of drug-likeness (QED) is 0.854. The Morgan fingerprint density at radius 1 is 1.36 bits per heavy atom. The summed E-state index contributed by atoms with van der Waals surface area (Å²) >= 11 is 1.69. The number of amides is 1. The highest BCUT2D eigenvalue weighted by Crippen LogP contribution is 2.31. The third-order valence-corrected chi connectivity index (χ3v) is 5.42. The fraction of sp³-hybridized carbons (Fsp3) is 0.389. The van der Waals surface area contributed by atoms with Crippen molar-refractivity contribution in [3.63, 3.8) is 0 Å². The first-order chi connectivity index (χ1) is 10.7. The van der Waals surface area contributed by atoms with E-state index in [9.17, 15) is 4.79 Å². The molecule has 3 nitrogen and oxygen atoms in total. The summed E-state index contributed by atoms with van der Waals surface area (Å²) in [6.07, 6.45) is 1.22. The molecule has 1 aromatic heterocycles. The second kappa shape index (κ2) is 6.63. The molecule has 0 saturated heterocycles. The Hall–Kier alpha value is -1.65. The van der Waals surface area contributed by atoms with Gasteiger partial charge < -0.3 is 9.64 Å². The fourth-order valence-corrected chi connectivity index (χ4v) is 3.71. The van der Waals surface area contributed by atoms with E-state index in [-0.39, 0.29) is 18.1 Å². The molecule has 2 unspecified atom stereocenters. The standard InChI is InChI=1S/C18H21NO2S/c1-13(17-8-5-11-22-17)19(2)18(20)12-16-15-7-4-3-6-14(15)9-10-21-16/h3-8,11,13,16H,9-10,12H2,1-2H3. The van der Waals surface area contributed by atoms with Crippen LogP contribution in [-0.2, 0) is 16.0 Å². The Labute approximate surface area is 135 Å². The van der Waals surface area contributed by atoms with Crippen LogP contribution in [0, 0.1) is 0 Å². The van der Waals surface area contributed by atoms with E-state index < -0.39 is 0 Å². The number of nitrogens with zero attached hydrogens (tertiary/aromatic N) is 1. The van der Waals surface area contributed by atoms with Gasteiger partial charge in [-0.05, 0) is 35.9 Å². The van der Waals surface area contributed by atoms with Crippen LogP contribution in [0.5, 0.6) is 0 Å². The summed E-state index contributed by atoms with van der Waals surface area (Å²) in [7, 11) is 1.88. The molecule has 1 aliphatic heterocycles. The van der Waals surface area contributed by atoms with Crippen molar-refractivity contribution in [1.82, 2.24) is 4.90 Å². The Morgan fingerprint density at radius 2 is 2.18 bits per heavy atom. The number of ether oxygens (including phenoxy) is 1. The second-order valence-electron chi connectivity index (χ2n) is 5.71. The maximum Gasteiger partial charge on any atom is 0.225 e. The first kappa shape index (κ1) is 15.3. The van der Waals surface area contributed by atoms with Gasteiger partial charge in [-0.15, -0.1) is 11.3 Å². The number of thiophene rings is 1. The largest absolute Gasteiger partial charge is 0.373 e. The zero-order valence-electron chi connectivity index (χ0n) is 13.0. The van der Waals surface area contributed by atoms with Crippen molar-refractivity contribution in [3.8, 4) is 0 Å². The Bertz CT molecular complexity index is 638. The molecule has 4 heteroatoms. The van der Waals surface area contributed by atoms with Crippen molar-refractivity contribution < 1.29 is 9.53 Å². The maximum absolute atomic E-state index is 12.6. The first-order valence-electron chi connectivity index (χ1n) is 7.65. The molecule has 1 aromatic carbocycles. The fourth-order valence-electron chi connectivity index (χ4n) is 2.88. The molecule has 2 atom stereocenters. The number of hydrogen-bond acceptors (Lipinski definition) is 3. The molecule has 2 heterocycles. The SMILES string of the molecule is CC(c1cccs1)N(C)C(=O)CC1OCCc2ccccc21. The van der Waals surface area contributed by atoms with E-state index in [2.05, 4.69) is 25.1 Å². The van der Waals surface area contributed by atoms with Gasteiger partial charge in [-0.1, -0.05) is 30.3 Å². The van der Waals surface area contributed by atoms with Gasteiger partial charge in [0.05, 0.1) is 25.2 Å². The normalized spacial score (nSPS) is 18.5. The second-order valence-corrected chi connectivity index (χ2v) is 6.69. The summed E-state index contributed by atoms with van der Waals surface area (Å²) in [6, 6.07) is 12.5. The summed E-state index contributed by atoms with van der Waals surface area (Å²) in [5.74, 6) is 0.127. The molecule has 0 saturated carbocycles. The molecule has 2 aromatic rings. The minimum atomic E-state index is -0.115. The molecular weight excluding hydrogens is 294 g/mol. The summed E-state index contributed by atoms with van der Waals surface area (Å²) in [4.78, 5) is 15.6. The Balaban J connectivity index is 1.70. The molecule has 0 radical (unpaired) electrons. The predicted molar refractivity (Wildman–Crippen MR) is 89.0 cm³/mol. The summed E-state index contributed by atoms with van der Waals surface area (Å²) in [5, 5.41) is 2.05. The molecule has 0 spiro atoms. The molecule has 22 heavy (non-hydrogen) atoms. The first-order valence-corrected chi connectivity index (χ1v) is 8.53. The van der Waals surface area contributed by atoms with Crippen molar-refractivity contribution >= 4 is 17.2 Å². The molecule has 1 aliphatic rings. The lowest BCUT2D eigenvalue weighted by Gasteiger charge is -2.29. The van der Waals surface area contributed by atoms with Gasteiger partial charge in [0.2, 0.25) is 5.91 Å². The summed E-state index contributed by atoms with van der Waals surface area (Å²) in [6.45, 7) is 2.76. The van der Waals surface area contributed by atoms with Crippen LogP contribution < -0.4 is 0 Å². The van der Waals surface area contributed by atoms with Crippen LogP contribution in [0.1, 0.15) is 41.5 Å². The van der Waals surface area contributed by atoms with Gasteiger partial charge in [0.15, 0.2) is 0 Å². The highest BCUT2D eigenvalue weighted by Gasteiger charge is 2.26. The van der Waals surface area contributed by atoms with Crippen LogP contribution >= 0.6 is 11.3 Å². The van der Waals surface area contributed by atoms with Gasteiger partial charge in [0.1, 0.15) is 0 Å². The number of rotatable bonds is 4. The van der Waals surface area contributed by atoms with Gasteiger partial charge in [-0.3, -0.25) is 4.79 Å². The minimum absolute atomic E-state index is 0.103. The van der Waals surface area contributed by atoms with Crippen LogP contribution in [0.25, 0.3) is 0 Å². The summed E-state index contributed by atoms with van der Waals surface area (Å²) < 4.78 is 5.85. The van der Waals surface area contributed by atoms with E-state index in [1.807, 2.05) is 35.5 Å². The third-order valence-electron chi connectivity index (χ3n) is 4.38. The average Bonchev–Trinajstić information content (AvgIpc) is 3.08. The van der Waals surface area contributed by atoms with E-state index in [0.29, 0.717) is 13.0 Å². The number of carbonyl (C=O) groups excluding carboxylic acids is 1. The minimum Gasteiger partial charge on any atom is -0.373 e. The van der Waals surface area contributed by atoms with Crippen molar-refractivity contribution in [1.29, 1.82) is 0 Å². The smallest absolute Gasteiger partial charge is 0.225 e. The van der Waals surface area contributed by atoms with Crippen LogP contribution in [0.15, 0.2) is 41.8 Å². The lowest BCUT2D eigenvalue weighted by molar-refractivity contribution is -0.135. The predicted octanol–water partition coefficient (Wildman–Crippen LogP) is 3.97. The molecule has 3 rings (SSSR count). The molecule has 0 N–H and O–H groups in total. The van der Waals surface area contributed by atoms with E-state index in [0.717, 1.165) is 6.42 Å². The van der Waals surface area contributed by atoms with Crippen LogP contribution in [-0.4, -0.2) is 24.5 Å². The average molecular weight is 315 g/mol. The lowest BCUT2D eigenvalue weighted by atomic mass is 9.95. The highest BCUT2D eigenvalue weighted by atomic mass is 32.1. The number of benzene rings is 1. The maximum atomic E-state index is 12.6. The monoisotopic (exact) mass is 315 g/mol. The molecule has 0 aliphatic carbocycles. The zero-order chi connectivity index (χ0) is 15.5. The molecule has 0 fully saturated rings. The van der Waals surface area contributed by atoms with Crippen LogP contribution in [0.4, 0.5) is 0 Å². The van der Waals surface area contributed by atoms with Gasteiger partial charge >= 0.3 is 0 Å². The van der Waals surface area contributed by atoms with Crippen LogP contribution in [0.3, 0.4) is 0 Å². The van der Waals surface area contributed by atoms with Gasteiger partial charge in [0.25, 0.3) is 0 Å². The van der Waals surface area contributed by atoms with Crippen LogP contribution in [0.2, 0.25) is 0 Å². The van der Waals surface area contributed by atoms with E-state index in [4.69, 9.17) is 4.74 Å². The molecular formula is C18H21NO2S. The van der Waals surface area contributed by atoms with Gasteiger partial charge in [-0.2, -0.15) is 0 Å². The van der Waals surface area contributed by atoms with E-state index in [1.54, 1.807) is 11.3 Å². The highest BCUT2D eigenvalue weighted by molar-refractivity contribution is 7.10. The van der Waals surface area contributed by atoms with Gasteiger partial charge in [-0.25, -0.2) is 0 Å². The Morgan fingerprint density at radius 3 is 2.95 bits per heavy atom.